The van der Waals surface area contributed by atoms with Gasteiger partial charge in [-0.05, 0) is 23.3 Å². The highest BCUT2D eigenvalue weighted by Gasteiger charge is 2.21. The SMILES string of the molecule is C[N+](C)(C)Cc1ccc(-c2ccc(C=O)c([N+](=O)[O-])c2)cc1[N+](=O)[O-]. The number of rotatable bonds is 6. The molecule has 130 valence electrons. The van der Waals surface area contributed by atoms with Gasteiger partial charge in [-0.2, -0.15) is 0 Å². The summed E-state index contributed by atoms with van der Waals surface area (Å²) in [7, 11) is 5.79. The molecule has 2 rings (SSSR count). The van der Waals surface area contributed by atoms with E-state index in [0.29, 0.717) is 34.0 Å². The van der Waals surface area contributed by atoms with Crippen molar-refractivity contribution in [3.8, 4) is 11.1 Å². The molecule has 8 nitrogen and oxygen atoms in total. The predicted octanol–water partition coefficient (Wildman–Crippen LogP) is 3.19. The standard InChI is InChI=1S/C17H18N3O5/c1-20(2,3)10-14-6-4-12(8-16(14)18(22)23)13-5-7-15(11-21)17(9-13)19(24)25/h4-9,11H,10H2,1-3H3/q+1. The van der Waals surface area contributed by atoms with Crippen molar-refractivity contribution in [2.45, 2.75) is 6.54 Å². The van der Waals surface area contributed by atoms with Crippen LogP contribution >= 0.6 is 0 Å². The third kappa shape index (κ3) is 4.24. The van der Waals surface area contributed by atoms with Crippen molar-refractivity contribution in [1.29, 1.82) is 0 Å². The molecular weight excluding hydrogens is 326 g/mol. The van der Waals surface area contributed by atoms with E-state index < -0.39 is 9.85 Å². The van der Waals surface area contributed by atoms with Crippen LogP contribution in [0.2, 0.25) is 0 Å². The Hall–Kier alpha value is -3.13. The summed E-state index contributed by atoms with van der Waals surface area (Å²) in [6.45, 7) is 0.473. The third-order valence-corrected chi connectivity index (χ3v) is 3.61. The highest BCUT2D eigenvalue weighted by Crippen LogP contribution is 2.31. The van der Waals surface area contributed by atoms with E-state index in [9.17, 15) is 25.0 Å². The zero-order valence-corrected chi connectivity index (χ0v) is 14.1. The Morgan fingerprint density at radius 1 is 0.920 bits per heavy atom. The topological polar surface area (TPSA) is 103 Å². The maximum Gasteiger partial charge on any atom is 0.280 e. The summed E-state index contributed by atoms with van der Waals surface area (Å²) in [6.07, 6.45) is 0.411. The van der Waals surface area contributed by atoms with Crippen LogP contribution in [0.25, 0.3) is 11.1 Å². The quantitative estimate of drug-likeness (QED) is 0.346. The first-order valence-electron chi connectivity index (χ1n) is 7.44. The Balaban J connectivity index is 2.55. The molecule has 0 bridgehead atoms. The molecule has 0 radical (unpaired) electrons. The Labute approximate surface area is 144 Å². The van der Waals surface area contributed by atoms with Gasteiger partial charge in [0, 0.05) is 12.1 Å². The van der Waals surface area contributed by atoms with Gasteiger partial charge in [0.05, 0.1) is 42.1 Å². The lowest BCUT2D eigenvalue weighted by Gasteiger charge is -2.23. The average Bonchev–Trinajstić information content (AvgIpc) is 2.52. The number of carbonyl (C=O) groups excluding carboxylic acids is 1. The van der Waals surface area contributed by atoms with Crippen LogP contribution in [0.4, 0.5) is 11.4 Å². The summed E-state index contributed by atoms with van der Waals surface area (Å²) in [5, 5.41) is 22.5. The van der Waals surface area contributed by atoms with E-state index in [2.05, 4.69) is 0 Å². The van der Waals surface area contributed by atoms with Crippen LogP contribution in [0.1, 0.15) is 15.9 Å². The molecule has 2 aromatic carbocycles. The van der Waals surface area contributed by atoms with Crippen LogP contribution in [-0.4, -0.2) is 41.8 Å². The maximum atomic E-state index is 11.4. The maximum absolute atomic E-state index is 11.4. The lowest BCUT2D eigenvalue weighted by atomic mass is 10.00. The minimum absolute atomic E-state index is 0.0346. The van der Waals surface area contributed by atoms with Crippen molar-refractivity contribution in [2.24, 2.45) is 0 Å². The highest BCUT2D eigenvalue weighted by molar-refractivity contribution is 5.84. The number of nitro groups is 2. The van der Waals surface area contributed by atoms with Gasteiger partial charge in [-0.25, -0.2) is 0 Å². The monoisotopic (exact) mass is 344 g/mol. The molecule has 0 N–H and O–H groups in total. The van der Waals surface area contributed by atoms with E-state index >= 15 is 0 Å². The fraction of sp³-hybridized carbons (Fsp3) is 0.235. The van der Waals surface area contributed by atoms with Crippen molar-refractivity contribution in [3.63, 3.8) is 0 Å². The molecule has 8 heteroatoms. The second-order valence-electron chi connectivity index (χ2n) is 6.70. The van der Waals surface area contributed by atoms with Crippen molar-refractivity contribution in [3.05, 3.63) is 67.8 Å². The highest BCUT2D eigenvalue weighted by atomic mass is 16.6. The minimum Gasteiger partial charge on any atom is -0.327 e. The van der Waals surface area contributed by atoms with Crippen LogP contribution in [0, 0.1) is 20.2 Å². The van der Waals surface area contributed by atoms with Gasteiger partial charge in [0.2, 0.25) is 0 Å². The number of aldehydes is 1. The third-order valence-electron chi connectivity index (χ3n) is 3.61. The van der Waals surface area contributed by atoms with E-state index in [1.807, 2.05) is 21.1 Å². The van der Waals surface area contributed by atoms with Gasteiger partial charge < -0.3 is 4.48 Å². The molecule has 0 saturated carbocycles. The molecule has 0 saturated heterocycles. The number of hydrogen-bond acceptors (Lipinski definition) is 5. The average molecular weight is 344 g/mol. The molecule has 0 amide bonds. The smallest absolute Gasteiger partial charge is 0.280 e. The molecule has 0 aliphatic heterocycles. The summed E-state index contributed by atoms with van der Waals surface area (Å²) >= 11 is 0. The Kier molecular flexibility index (Phi) is 4.94. The number of hydrogen-bond donors (Lipinski definition) is 0. The van der Waals surface area contributed by atoms with Gasteiger partial charge >= 0.3 is 0 Å². The summed E-state index contributed by atoms with van der Waals surface area (Å²) < 4.78 is 0.527. The molecule has 0 fully saturated rings. The number of benzene rings is 2. The second-order valence-corrected chi connectivity index (χ2v) is 6.70. The van der Waals surface area contributed by atoms with Crippen LogP contribution in [0.3, 0.4) is 0 Å². The number of quaternary nitrogens is 1. The summed E-state index contributed by atoms with van der Waals surface area (Å²) in [4.78, 5) is 32.3. The van der Waals surface area contributed by atoms with Crippen molar-refractivity contribution < 1.29 is 19.1 Å². The first-order chi connectivity index (χ1) is 11.6. The zero-order chi connectivity index (χ0) is 18.8. The molecule has 2 aromatic rings. The van der Waals surface area contributed by atoms with Crippen LogP contribution < -0.4 is 0 Å². The molecule has 0 aliphatic carbocycles. The van der Waals surface area contributed by atoms with Crippen molar-refractivity contribution >= 4 is 17.7 Å². The Bertz CT molecular complexity index is 856. The second kappa shape index (κ2) is 6.78. The number of nitrogens with zero attached hydrogens (tertiary/aromatic N) is 3. The van der Waals surface area contributed by atoms with Gasteiger partial charge in [-0.3, -0.25) is 25.0 Å². The summed E-state index contributed by atoms with van der Waals surface area (Å²) in [5.74, 6) is 0. The normalized spacial score (nSPS) is 11.2. The van der Waals surface area contributed by atoms with Gasteiger partial charge in [0.1, 0.15) is 6.54 Å². The van der Waals surface area contributed by atoms with E-state index in [-0.39, 0.29) is 16.9 Å². The van der Waals surface area contributed by atoms with E-state index in [1.54, 1.807) is 12.1 Å². The largest absolute Gasteiger partial charge is 0.327 e. The van der Waals surface area contributed by atoms with E-state index in [1.165, 1.54) is 24.3 Å². The molecule has 0 spiro atoms. The number of carbonyl (C=O) groups is 1. The zero-order valence-electron chi connectivity index (χ0n) is 14.1. The van der Waals surface area contributed by atoms with Gasteiger partial charge in [-0.1, -0.05) is 12.1 Å². The predicted molar refractivity (Wildman–Crippen MR) is 92.3 cm³/mol. The first-order valence-corrected chi connectivity index (χ1v) is 7.44. The minimum atomic E-state index is -0.646. The Morgan fingerprint density at radius 3 is 1.92 bits per heavy atom. The molecule has 0 atom stereocenters. The molecule has 0 aromatic heterocycles. The lowest BCUT2D eigenvalue weighted by molar-refractivity contribution is -0.884. The first kappa shape index (κ1) is 18.2. The van der Waals surface area contributed by atoms with Gasteiger partial charge in [0.25, 0.3) is 11.4 Å². The van der Waals surface area contributed by atoms with Gasteiger partial charge in [0.15, 0.2) is 6.29 Å². The van der Waals surface area contributed by atoms with Crippen LogP contribution in [0.5, 0.6) is 0 Å². The molecule has 0 heterocycles. The summed E-state index contributed by atoms with van der Waals surface area (Å²) in [5.41, 5.74) is 1.11. The van der Waals surface area contributed by atoms with Crippen LogP contribution in [0.15, 0.2) is 36.4 Å². The van der Waals surface area contributed by atoms with Crippen LogP contribution in [-0.2, 0) is 6.54 Å². The van der Waals surface area contributed by atoms with Crippen molar-refractivity contribution in [1.82, 2.24) is 0 Å². The lowest BCUT2D eigenvalue weighted by Crippen LogP contribution is -2.33. The molecule has 0 aliphatic rings. The fourth-order valence-corrected chi connectivity index (χ4v) is 2.54. The van der Waals surface area contributed by atoms with Crippen molar-refractivity contribution in [2.75, 3.05) is 21.1 Å². The Morgan fingerprint density at radius 2 is 1.44 bits per heavy atom. The van der Waals surface area contributed by atoms with E-state index in [0.717, 1.165) is 0 Å². The number of nitro benzene ring substituents is 2. The molecular formula is C17H18N3O5+. The van der Waals surface area contributed by atoms with E-state index in [4.69, 9.17) is 0 Å². The summed E-state index contributed by atoms with van der Waals surface area (Å²) in [6, 6.07) is 8.89. The van der Waals surface area contributed by atoms with Gasteiger partial charge in [-0.15, -0.1) is 0 Å². The molecule has 0 unspecified atom stereocenters. The fourth-order valence-electron chi connectivity index (χ4n) is 2.54. The molecule has 25 heavy (non-hydrogen) atoms.